The second kappa shape index (κ2) is 11.3. The van der Waals surface area contributed by atoms with E-state index in [1.807, 2.05) is 69.5 Å². The van der Waals surface area contributed by atoms with Crippen molar-refractivity contribution in [3.8, 4) is 0 Å². The zero-order valence-corrected chi connectivity index (χ0v) is 23.6. The normalized spacial score (nSPS) is 18.0. The number of anilines is 1. The largest absolute Gasteiger partial charge is 0.459 e. The van der Waals surface area contributed by atoms with Crippen LogP contribution in [0.3, 0.4) is 0 Å². The minimum Gasteiger partial charge on any atom is -0.459 e. The molecule has 0 radical (unpaired) electrons. The van der Waals surface area contributed by atoms with Gasteiger partial charge in [-0.15, -0.1) is 11.8 Å². The third-order valence-corrected chi connectivity index (χ3v) is 8.31. The summed E-state index contributed by atoms with van der Waals surface area (Å²) in [7, 11) is 0. The summed E-state index contributed by atoms with van der Waals surface area (Å²) in [6.07, 6.45) is 3.63. The lowest BCUT2D eigenvalue weighted by Gasteiger charge is -2.28. The monoisotopic (exact) mass is 549 g/mol. The highest BCUT2D eigenvalue weighted by atomic mass is 32.2. The summed E-state index contributed by atoms with van der Waals surface area (Å²) in [5, 5.41) is 0. The standard InChI is InChI=1S/C29H31N3O4S2/c1-18(2)36-28(34)25-19(3)30-29-32(26(25)21-7-11-23(37-4)12-8-21)27(33)24(38-29)17-20-5-9-22(10-6-20)31-13-15-35-16-14-31/h5-12,17-18,26H,13-16H2,1-4H3/b24-17-/t26-/m0/s1. The quantitative estimate of drug-likeness (QED) is 0.345. The lowest BCUT2D eigenvalue weighted by atomic mass is 9.96. The van der Waals surface area contributed by atoms with Gasteiger partial charge in [-0.3, -0.25) is 9.36 Å². The second-order valence-corrected chi connectivity index (χ2v) is 11.4. The predicted octanol–water partition coefficient (Wildman–Crippen LogP) is 3.75. The Balaban J connectivity index is 1.58. The molecule has 0 amide bonds. The lowest BCUT2D eigenvalue weighted by molar-refractivity contribution is -0.143. The van der Waals surface area contributed by atoms with Crippen molar-refractivity contribution in [2.45, 2.75) is 37.8 Å². The van der Waals surface area contributed by atoms with E-state index >= 15 is 0 Å². The molecule has 5 rings (SSSR count). The van der Waals surface area contributed by atoms with Crippen molar-refractivity contribution in [2.75, 3.05) is 37.5 Å². The lowest BCUT2D eigenvalue weighted by Crippen LogP contribution is -2.40. The minimum absolute atomic E-state index is 0.174. The topological polar surface area (TPSA) is 73.1 Å². The zero-order valence-electron chi connectivity index (χ0n) is 22.0. The van der Waals surface area contributed by atoms with Gasteiger partial charge in [0.2, 0.25) is 0 Å². The van der Waals surface area contributed by atoms with E-state index in [4.69, 9.17) is 9.47 Å². The summed E-state index contributed by atoms with van der Waals surface area (Å²) in [5.41, 5.74) is 3.71. The van der Waals surface area contributed by atoms with Gasteiger partial charge in [0.25, 0.3) is 5.56 Å². The first-order valence-electron chi connectivity index (χ1n) is 12.7. The summed E-state index contributed by atoms with van der Waals surface area (Å²) < 4.78 is 13.2. The molecule has 0 N–H and O–H groups in total. The third-order valence-electron chi connectivity index (χ3n) is 6.58. The molecule has 0 bridgehead atoms. The minimum atomic E-state index is -0.612. The number of ether oxygens (including phenoxy) is 2. The van der Waals surface area contributed by atoms with Crippen LogP contribution >= 0.6 is 23.1 Å². The maximum Gasteiger partial charge on any atom is 0.338 e. The molecule has 0 saturated carbocycles. The highest BCUT2D eigenvalue weighted by Gasteiger charge is 2.33. The number of morpholine rings is 1. The van der Waals surface area contributed by atoms with E-state index < -0.39 is 12.0 Å². The summed E-state index contributed by atoms with van der Waals surface area (Å²) in [6, 6.07) is 15.6. The van der Waals surface area contributed by atoms with Crippen LogP contribution in [0.1, 0.15) is 37.9 Å². The molecule has 7 nitrogen and oxygen atoms in total. The molecule has 1 saturated heterocycles. The fourth-order valence-electron chi connectivity index (χ4n) is 4.72. The van der Waals surface area contributed by atoms with Crippen molar-refractivity contribution in [2.24, 2.45) is 4.99 Å². The van der Waals surface area contributed by atoms with E-state index in [1.54, 1.807) is 16.3 Å². The Hall–Kier alpha value is -3.14. The van der Waals surface area contributed by atoms with E-state index in [9.17, 15) is 9.59 Å². The molecule has 3 aromatic rings. The van der Waals surface area contributed by atoms with Crippen LogP contribution in [-0.2, 0) is 14.3 Å². The average Bonchev–Trinajstić information content (AvgIpc) is 3.22. The zero-order chi connectivity index (χ0) is 26.8. The predicted molar refractivity (Wildman–Crippen MR) is 153 cm³/mol. The Morgan fingerprint density at radius 3 is 2.45 bits per heavy atom. The van der Waals surface area contributed by atoms with Gasteiger partial charge in [-0.1, -0.05) is 35.6 Å². The Labute approximate surface area is 230 Å². The van der Waals surface area contributed by atoms with Crippen molar-refractivity contribution in [1.29, 1.82) is 0 Å². The van der Waals surface area contributed by atoms with Crippen LogP contribution in [-0.4, -0.2) is 49.2 Å². The molecule has 0 spiro atoms. The van der Waals surface area contributed by atoms with Crippen molar-refractivity contribution in [1.82, 2.24) is 4.57 Å². The van der Waals surface area contributed by atoms with Gasteiger partial charge in [-0.25, -0.2) is 9.79 Å². The molecule has 0 aliphatic carbocycles. The first kappa shape index (κ1) is 26.5. The van der Waals surface area contributed by atoms with Gasteiger partial charge in [0.15, 0.2) is 4.80 Å². The fourth-order valence-corrected chi connectivity index (χ4v) is 6.17. The number of benzene rings is 2. The molecule has 9 heteroatoms. The fraction of sp³-hybridized carbons (Fsp3) is 0.345. The molecule has 3 heterocycles. The van der Waals surface area contributed by atoms with Gasteiger partial charge < -0.3 is 14.4 Å². The molecule has 198 valence electrons. The number of carbonyl (C=O) groups excluding carboxylic acids is 1. The summed E-state index contributed by atoms with van der Waals surface area (Å²) >= 11 is 2.98. The maximum absolute atomic E-state index is 13.8. The van der Waals surface area contributed by atoms with Crippen LogP contribution < -0.4 is 19.8 Å². The average molecular weight is 550 g/mol. The van der Waals surface area contributed by atoms with Crippen molar-refractivity contribution < 1.29 is 14.3 Å². The molecule has 1 fully saturated rings. The molecular weight excluding hydrogens is 518 g/mol. The molecule has 2 aliphatic heterocycles. The van der Waals surface area contributed by atoms with Crippen LogP contribution in [0.15, 0.2) is 74.5 Å². The van der Waals surface area contributed by atoms with Crippen LogP contribution in [0, 0.1) is 0 Å². The number of carbonyl (C=O) groups is 1. The Morgan fingerprint density at radius 1 is 1.13 bits per heavy atom. The number of allylic oxidation sites excluding steroid dienone is 1. The van der Waals surface area contributed by atoms with E-state index in [-0.39, 0.29) is 11.7 Å². The Bertz CT molecular complexity index is 1530. The second-order valence-electron chi connectivity index (χ2n) is 9.50. The number of thiazole rings is 1. The first-order chi connectivity index (χ1) is 18.4. The van der Waals surface area contributed by atoms with Crippen molar-refractivity contribution >= 4 is 40.8 Å². The SMILES string of the molecule is CSc1ccc([C@H]2C(C(=O)OC(C)C)=C(C)N=c3s/c(=C\c4ccc(N5CCOCC5)cc4)c(=O)n32)cc1. The van der Waals surface area contributed by atoms with Crippen LogP contribution in [0.5, 0.6) is 0 Å². The summed E-state index contributed by atoms with van der Waals surface area (Å²) in [4.78, 5) is 35.7. The summed E-state index contributed by atoms with van der Waals surface area (Å²) in [5.74, 6) is -0.451. The highest BCUT2D eigenvalue weighted by Crippen LogP contribution is 2.32. The molecule has 2 aromatic carbocycles. The van der Waals surface area contributed by atoms with E-state index in [2.05, 4.69) is 22.0 Å². The molecular formula is C29H31N3O4S2. The Morgan fingerprint density at radius 2 is 1.82 bits per heavy atom. The number of esters is 1. The third kappa shape index (κ3) is 5.36. The number of hydrogen-bond donors (Lipinski definition) is 0. The van der Waals surface area contributed by atoms with Gasteiger partial charge in [-0.05, 0) is 68.5 Å². The first-order valence-corrected chi connectivity index (χ1v) is 14.7. The van der Waals surface area contributed by atoms with Crippen LogP contribution in [0.2, 0.25) is 0 Å². The van der Waals surface area contributed by atoms with Gasteiger partial charge >= 0.3 is 5.97 Å². The molecule has 1 atom stereocenters. The van der Waals surface area contributed by atoms with Crippen molar-refractivity contribution in [3.63, 3.8) is 0 Å². The smallest absolute Gasteiger partial charge is 0.338 e. The number of thioether (sulfide) groups is 1. The van der Waals surface area contributed by atoms with Gasteiger partial charge in [0.05, 0.1) is 41.2 Å². The van der Waals surface area contributed by atoms with E-state index in [0.29, 0.717) is 20.6 Å². The van der Waals surface area contributed by atoms with Crippen LogP contribution in [0.25, 0.3) is 6.08 Å². The highest BCUT2D eigenvalue weighted by molar-refractivity contribution is 7.98. The van der Waals surface area contributed by atoms with Crippen LogP contribution in [0.4, 0.5) is 5.69 Å². The molecule has 1 aromatic heterocycles. The Kier molecular flexibility index (Phi) is 7.88. The number of fused-ring (bicyclic) bond motifs is 1. The van der Waals surface area contributed by atoms with Gasteiger partial charge in [0, 0.05) is 23.7 Å². The number of rotatable bonds is 6. The number of nitrogens with zero attached hydrogens (tertiary/aromatic N) is 3. The van der Waals surface area contributed by atoms with Gasteiger partial charge in [0.1, 0.15) is 0 Å². The van der Waals surface area contributed by atoms with Crippen molar-refractivity contribution in [3.05, 3.63) is 90.6 Å². The molecule has 2 aliphatic rings. The molecule has 0 unspecified atom stereocenters. The van der Waals surface area contributed by atoms with E-state index in [0.717, 1.165) is 48.0 Å². The number of hydrogen-bond acceptors (Lipinski definition) is 8. The van der Waals surface area contributed by atoms with Gasteiger partial charge in [-0.2, -0.15) is 0 Å². The maximum atomic E-state index is 13.8. The molecule has 38 heavy (non-hydrogen) atoms. The van der Waals surface area contributed by atoms with E-state index in [1.165, 1.54) is 11.3 Å². The number of aromatic nitrogens is 1. The summed E-state index contributed by atoms with van der Waals surface area (Å²) in [6.45, 7) is 8.65.